The van der Waals surface area contributed by atoms with Gasteiger partial charge in [0.2, 0.25) is 0 Å². The molecule has 0 radical (unpaired) electrons. The van der Waals surface area contributed by atoms with Crippen LogP contribution in [0.5, 0.6) is 0 Å². The zero-order valence-corrected chi connectivity index (χ0v) is 13.5. The van der Waals surface area contributed by atoms with Crippen molar-refractivity contribution in [2.75, 3.05) is 30.7 Å². The van der Waals surface area contributed by atoms with Crippen LogP contribution in [0.3, 0.4) is 0 Å². The van der Waals surface area contributed by atoms with Crippen molar-refractivity contribution in [2.24, 2.45) is 0 Å². The lowest BCUT2D eigenvalue weighted by atomic mass is 10.1. The monoisotopic (exact) mass is 325 g/mol. The number of nitrogen functional groups attached to an aromatic ring is 1. The number of aryl methyl sites for hydroxylation is 1. The smallest absolute Gasteiger partial charge is 0.0491 e. The van der Waals surface area contributed by atoms with Crippen molar-refractivity contribution in [2.45, 2.75) is 39.2 Å². The number of nitrogens with two attached hydrogens (primary N) is 1. The molecule has 0 bridgehead atoms. The molecule has 0 aromatic heterocycles. The first-order valence-corrected chi connectivity index (χ1v) is 7.90. The van der Waals surface area contributed by atoms with E-state index < -0.39 is 0 Å². The van der Waals surface area contributed by atoms with Gasteiger partial charge in [0.05, 0.1) is 0 Å². The van der Waals surface area contributed by atoms with Crippen LogP contribution in [0.15, 0.2) is 16.6 Å². The molecule has 1 unspecified atom stereocenters. The molecule has 19 heavy (non-hydrogen) atoms. The van der Waals surface area contributed by atoms with E-state index in [1.807, 2.05) is 13.0 Å². The second kappa shape index (κ2) is 6.62. The van der Waals surface area contributed by atoms with Crippen molar-refractivity contribution < 1.29 is 0 Å². The molecule has 1 atom stereocenters. The Kier molecular flexibility index (Phi) is 5.11. The highest BCUT2D eigenvalue weighted by Crippen LogP contribution is 2.28. The zero-order valence-electron chi connectivity index (χ0n) is 11.9. The van der Waals surface area contributed by atoms with Crippen LogP contribution in [0.1, 0.15) is 31.7 Å². The number of rotatable bonds is 4. The Hall–Kier alpha value is -0.740. The predicted molar refractivity (Wildman–Crippen MR) is 86.7 cm³/mol. The highest BCUT2D eigenvalue weighted by molar-refractivity contribution is 9.10. The summed E-state index contributed by atoms with van der Waals surface area (Å²) in [6.45, 7) is 7.88. The van der Waals surface area contributed by atoms with E-state index in [0.717, 1.165) is 28.0 Å². The summed E-state index contributed by atoms with van der Waals surface area (Å²) in [6.07, 6.45) is 4.08. The number of nitrogens with one attached hydrogen (secondary N) is 1. The van der Waals surface area contributed by atoms with Gasteiger partial charge in [0.25, 0.3) is 0 Å². The summed E-state index contributed by atoms with van der Waals surface area (Å²) in [6, 6.07) is 4.54. The Balaban J connectivity index is 1.94. The molecule has 1 aliphatic heterocycles. The molecule has 1 heterocycles. The summed E-state index contributed by atoms with van der Waals surface area (Å²) < 4.78 is 1.04. The molecule has 0 amide bonds. The van der Waals surface area contributed by atoms with Gasteiger partial charge in [0.15, 0.2) is 0 Å². The van der Waals surface area contributed by atoms with E-state index >= 15 is 0 Å². The average molecular weight is 326 g/mol. The lowest BCUT2D eigenvalue weighted by molar-refractivity contribution is 0.223. The molecule has 0 spiro atoms. The van der Waals surface area contributed by atoms with Gasteiger partial charge in [0.1, 0.15) is 0 Å². The number of halogens is 1. The Bertz CT molecular complexity index is 428. The Morgan fingerprint density at radius 3 is 2.68 bits per heavy atom. The van der Waals surface area contributed by atoms with Gasteiger partial charge < -0.3 is 16.0 Å². The molecule has 4 heteroatoms. The summed E-state index contributed by atoms with van der Waals surface area (Å²) in [5.41, 5.74) is 8.99. The second-order valence-corrected chi connectivity index (χ2v) is 6.45. The van der Waals surface area contributed by atoms with E-state index in [-0.39, 0.29) is 0 Å². The van der Waals surface area contributed by atoms with Gasteiger partial charge in [-0.1, -0.05) is 6.42 Å². The van der Waals surface area contributed by atoms with Gasteiger partial charge in [-0.25, -0.2) is 0 Å². The van der Waals surface area contributed by atoms with Gasteiger partial charge in [-0.3, -0.25) is 0 Å². The maximum Gasteiger partial charge on any atom is 0.0491 e. The number of anilines is 2. The van der Waals surface area contributed by atoms with Crippen LogP contribution in [0, 0.1) is 6.92 Å². The lowest BCUT2D eigenvalue weighted by Gasteiger charge is -2.30. The molecular formula is C15H24BrN3. The fraction of sp³-hybridized carbons (Fsp3) is 0.600. The van der Waals surface area contributed by atoms with Gasteiger partial charge in [-0.2, -0.15) is 0 Å². The van der Waals surface area contributed by atoms with Crippen molar-refractivity contribution in [1.82, 2.24) is 4.90 Å². The van der Waals surface area contributed by atoms with Gasteiger partial charge >= 0.3 is 0 Å². The molecule has 106 valence electrons. The molecule has 1 fully saturated rings. The number of piperidine rings is 1. The zero-order chi connectivity index (χ0) is 13.8. The Morgan fingerprint density at radius 2 is 2.00 bits per heavy atom. The summed E-state index contributed by atoms with van der Waals surface area (Å²) in [5.74, 6) is 0. The Labute approximate surface area is 124 Å². The van der Waals surface area contributed by atoms with E-state index in [4.69, 9.17) is 5.73 Å². The largest absolute Gasteiger partial charge is 0.398 e. The quantitative estimate of drug-likeness (QED) is 0.830. The number of benzene rings is 1. The van der Waals surface area contributed by atoms with Crippen LogP contribution in [-0.2, 0) is 0 Å². The maximum absolute atomic E-state index is 5.90. The lowest BCUT2D eigenvalue weighted by Crippen LogP contribution is -2.38. The van der Waals surface area contributed by atoms with Crippen LogP contribution >= 0.6 is 15.9 Å². The van der Waals surface area contributed by atoms with Crippen molar-refractivity contribution in [3.63, 3.8) is 0 Å². The SMILES string of the molecule is Cc1cc(NC(C)CN2CCCCC2)c(Br)cc1N. The fourth-order valence-corrected chi connectivity index (χ4v) is 3.12. The van der Waals surface area contributed by atoms with Crippen molar-refractivity contribution in [3.8, 4) is 0 Å². The van der Waals surface area contributed by atoms with E-state index in [1.54, 1.807) is 0 Å². The van der Waals surface area contributed by atoms with Crippen molar-refractivity contribution in [1.29, 1.82) is 0 Å². The average Bonchev–Trinajstić information content (AvgIpc) is 2.37. The normalized spacial score (nSPS) is 18.3. The van der Waals surface area contributed by atoms with Crippen LogP contribution in [0.4, 0.5) is 11.4 Å². The molecule has 1 aliphatic rings. The van der Waals surface area contributed by atoms with E-state index in [1.165, 1.54) is 32.4 Å². The third kappa shape index (κ3) is 4.11. The summed E-state index contributed by atoms with van der Waals surface area (Å²) in [5, 5.41) is 3.58. The summed E-state index contributed by atoms with van der Waals surface area (Å²) in [4.78, 5) is 2.55. The third-order valence-electron chi connectivity index (χ3n) is 3.74. The predicted octanol–water partition coefficient (Wildman–Crippen LogP) is 3.63. The minimum atomic E-state index is 0.442. The van der Waals surface area contributed by atoms with Gasteiger partial charge in [0, 0.05) is 28.4 Å². The number of likely N-dealkylation sites (tertiary alicyclic amines) is 1. The molecule has 3 nitrogen and oxygen atoms in total. The van der Waals surface area contributed by atoms with Crippen LogP contribution in [0.25, 0.3) is 0 Å². The number of nitrogens with zero attached hydrogens (tertiary/aromatic N) is 1. The number of hydrogen-bond acceptors (Lipinski definition) is 3. The fourth-order valence-electron chi connectivity index (χ4n) is 2.65. The second-order valence-electron chi connectivity index (χ2n) is 5.60. The molecule has 1 aromatic rings. The minimum Gasteiger partial charge on any atom is -0.398 e. The molecule has 3 N–H and O–H groups in total. The summed E-state index contributed by atoms with van der Waals surface area (Å²) >= 11 is 3.58. The topological polar surface area (TPSA) is 41.3 Å². The van der Waals surface area contributed by atoms with E-state index in [2.05, 4.69) is 39.1 Å². The standard InChI is InChI=1S/C15H24BrN3/c1-11-8-15(13(16)9-14(11)17)18-12(2)10-19-6-4-3-5-7-19/h8-9,12,18H,3-7,10,17H2,1-2H3. The first-order chi connectivity index (χ1) is 9.06. The third-order valence-corrected chi connectivity index (χ3v) is 4.39. The van der Waals surface area contributed by atoms with Crippen LogP contribution in [0.2, 0.25) is 0 Å². The van der Waals surface area contributed by atoms with Crippen LogP contribution < -0.4 is 11.1 Å². The Morgan fingerprint density at radius 1 is 1.32 bits per heavy atom. The molecular weight excluding hydrogens is 302 g/mol. The first-order valence-electron chi connectivity index (χ1n) is 7.11. The highest BCUT2D eigenvalue weighted by Gasteiger charge is 2.14. The maximum atomic E-state index is 5.90. The van der Waals surface area contributed by atoms with Gasteiger partial charge in [-0.05, 0) is 73.4 Å². The van der Waals surface area contributed by atoms with E-state index in [0.29, 0.717) is 6.04 Å². The molecule has 1 aromatic carbocycles. The highest BCUT2D eigenvalue weighted by atomic mass is 79.9. The molecule has 1 saturated heterocycles. The van der Waals surface area contributed by atoms with Gasteiger partial charge in [-0.15, -0.1) is 0 Å². The molecule has 2 rings (SSSR count). The van der Waals surface area contributed by atoms with Crippen molar-refractivity contribution >= 4 is 27.3 Å². The minimum absolute atomic E-state index is 0.442. The molecule has 0 aliphatic carbocycles. The van der Waals surface area contributed by atoms with E-state index in [9.17, 15) is 0 Å². The summed E-state index contributed by atoms with van der Waals surface area (Å²) in [7, 11) is 0. The van der Waals surface area contributed by atoms with Crippen molar-refractivity contribution in [3.05, 3.63) is 22.2 Å². The first kappa shape index (κ1) is 14.7. The van der Waals surface area contributed by atoms with Crippen LogP contribution in [-0.4, -0.2) is 30.6 Å². The molecule has 0 saturated carbocycles. The number of hydrogen-bond donors (Lipinski definition) is 2.